The van der Waals surface area contributed by atoms with Crippen LogP contribution in [0.4, 0.5) is 0 Å². The molecule has 0 radical (unpaired) electrons. The third kappa shape index (κ3) is 3.98. The largest absolute Gasteiger partial charge is 0.493 e. The van der Waals surface area contributed by atoms with Gasteiger partial charge in [0.2, 0.25) is 5.69 Å². The molecule has 1 heterocycles. The minimum atomic E-state index is -0.250. The minimum Gasteiger partial charge on any atom is -0.493 e. The lowest BCUT2D eigenvalue weighted by Crippen LogP contribution is -2.51. The highest BCUT2D eigenvalue weighted by Crippen LogP contribution is 2.60. The Balaban J connectivity index is 1.32. The van der Waals surface area contributed by atoms with Gasteiger partial charge >= 0.3 is 5.97 Å². The summed E-state index contributed by atoms with van der Waals surface area (Å²) in [6.45, 7) is 2.03. The molecule has 4 saturated carbocycles. The fraction of sp³-hybridized carbons (Fsp3) is 0.556. The van der Waals surface area contributed by atoms with E-state index in [1.165, 1.54) is 19.3 Å². The Labute approximate surface area is 190 Å². The van der Waals surface area contributed by atoms with Crippen LogP contribution in [0.25, 0.3) is 0 Å². The first-order valence-corrected chi connectivity index (χ1v) is 11.9. The lowest BCUT2D eigenvalue weighted by molar-refractivity contribution is -0.400. The van der Waals surface area contributed by atoms with Gasteiger partial charge in [-0.15, -0.1) is 0 Å². The molecular weight excluding hydrogens is 402 g/mol. The number of methoxy groups -OCH3 is 2. The van der Waals surface area contributed by atoms with Gasteiger partial charge in [0.25, 0.3) is 0 Å². The first-order chi connectivity index (χ1) is 15.5. The van der Waals surface area contributed by atoms with Gasteiger partial charge in [0.05, 0.1) is 19.6 Å². The van der Waals surface area contributed by atoms with Crippen molar-refractivity contribution in [2.45, 2.75) is 58.3 Å². The lowest BCUT2D eigenvalue weighted by atomic mass is 9.49. The van der Waals surface area contributed by atoms with E-state index in [9.17, 15) is 4.79 Å². The van der Waals surface area contributed by atoms with Crippen LogP contribution >= 0.6 is 0 Å². The summed E-state index contributed by atoms with van der Waals surface area (Å²) in [5, 5.41) is 0. The Hall–Kier alpha value is -2.56. The third-order valence-corrected chi connectivity index (χ3v) is 7.92. The number of aromatic amines is 1. The molecule has 32 heavy (non-hydrogen) atoms. The fourth-order valence-electron chi connectivity index (χ4n) is 6.80. The van der Waals surface area contributed by atoms with Crippen molar-refractivity contribution in [2.75, 3.05) is 14.2 Å². The number of hydrogen-bond donors (Lipinski definition) is 0. The van der Waals surface area contributed by atoms with Gasteiger partial charge in [0.15, 0.2) is 22.9 Å². The number of carbonyl (C=O) groups excluding carboxylic acids is 1. The molecule has 4 aliphatic rings. The first-order valence-electron chi connectivity index (χ1n) is 11.9. The van der Waals surface area contributed by atoms with Crippen LogP contribution < -0.4 is 19.2 Å². The van der Waals surface area contributed by atoms with E-state index in [0.29, 0.717) is 5.75 Å². The third-order valence-electron chi connectivity index (χ3n) is 7.92. The maximum Gasteiger partial charge on any atom is 0.317 e. The van der Waals surface area contributed by atoms with Gasteiger partial charge in [0.1, 0.15) is 0 Å². The van der Waals surface area contributed by atoms with E-state index >= 15 is 0 Å². The Kier molecular flexibility index (Phi) is 5.60. The van der Waals surface area contributed by atoms with Crippen LogP contribution in [0.5, 0.6) is 17.2 Å². The number of nitrogens with one attached hydrogen (secondary N) is 1. The average Bonchev–Trinajstić information content (AvgIpc) is 2.78. The fourth-order valence-corrected chi connectivity index (χ4v) is 6.80. The van der Waals surface area contributed by atoms with E-state index in [-0.39, 0.29) is 11.4 Å². The minimum absolute atomic E-state index is 0.00113. The van der Waals surface area contributed by atoms with E-state index in [1.54, 1.807) is 14.2 Å². The number of hydrogen-bond acceptors (Lipinski definition) is 4. The van der Waals surface area contributed by atoms with Gasteiger partial charge in [-0.1, -0.05) is 6.07 Å². The van der Waals surface area contributed by atoms with E-state index in [4.69, 9.17) is 14.2 Å². The highest BCUT2D eigenvalue weighted by molar-refractivity contribution is 5.80. The Morgan fingerprint density at radius 3 is 2.16 bits per heavy atom. The van der Waals surface area contributed by atoms with Gasteiger partial charge < -0.3 is 14.2 Å². The second-order valence-corrected chi connectivity index (χ2v) is 10.3. The smallest absolute Gasteiger partial charge is 0.317 e. The Morgan fingerprint density at radius 1 is 0.906 bits per heavy atom. The quantitative estimate of drug-likeness (QED) is 0.589. The molecule has 6 rings (SSSR count). The van der Waals surface area contributed by atoms with Crippen LogP contribution in [0.3, 0.4) is 0 Å². The van der Waals surface area contributed by atoms with Gasteiger partial charge in [-0.2, -0.15) is 0 Å². The van der Waals surface area contributed by atoms with Crippen LogP contribution in [0.1, 0.15) is 55.5 Å². The zero-order valence-corrected chi connectivity index (χ0v) is 19.4. The lowest BCUT2D eigenvalue weighted by Gasteiger charge is -2.55. The summed E-state index contributed by atoms with van der Waals surface area (Å²) in [5.74, 6) is 4.31. The molecule has 1 aromatic carbocycles. The maximum atomic E-state index is 13.5. The van der Waals surface area contributed by atoms with Crippen molar-refractivity contribution in [3.63, 3.8) is 0 Å². The number of benzene rings is 1. The summed E-state index contributed by atoms with van der Waals surface area (Å²) in [6.07, 6.45) is 8.59. The van der Waals surface area contributed by atoms with E-state index in [2.05, 4.69) is 11.1 Å². The van der Waals surface area contributed by atoms with Gasteiger partial charge in [0, 0.05) is 19.4 Å². The van der Waals surface area contributed by atoms with Crippen molar-refractivity contribution in [1.82, 2.24) is 0 Å². The zero-order valence-electron chi connectivity index (χ0n) is 19.4. The van der Waals surface area contributed by atoms with E-state index in [0.717, 1.165) is 78.3 Å². The molecule has 0 atom stereocenters. The number of aromatic nitrogens is 1. The maximum absolute atomic E-state index is 13.5. The predicted molar refractivity (Wildman–Crippen MR) is 121 cm³/mol. The molecule has 1 N–H and O–H groups in total. The topological polar surface area (TPSA) is 58.9 Å². The normalized spacial score (nSPS) is 27.9. The van der Waals surface area contributed by atoms with E-state index in [1.807, 2.05) is 31.2 Å². The number of rotatable bonds is 7. The summed E-state index contributed by atoms with van der Waals surface area (Å²) >= 11 is 0. The van der Waals surface area contributed by atoms with Gasteiger partial charge in [-0.25, -0.2) is 4.98 Å². The zero-order chi connectivity index (χ0) is 22.3. The monoisotopic (exact) mass is 436 g/mol. The molecule has 5 heteroatoms. The first kappa shape index (κ1) is 21.3. The summed E-state index contributed by atoms with van der Waals surface area (Å²) in [4.78, 5) is 16.9. The average molecular weight is 437 g/mol. The highest BCUT2D eigenvalue weighted by atomic mass is 16.5. The summed E-state index contributed by atoms with van der Waals surface area (Å²) < 4.78 is 16.9. The van der Waals surface area contributed by atoms with Crippen molar-refractivity contribution in [3.8, 4) is 17.2 Å². The second-order valence-electron chi connectivity index (χ2n) is 10.3. The Morgan fingerprint density at radius 2 is 1.53 bits per heavy atom. The SMILES string of the molecule is COc1ccc(CCc2[nH+]c(C)ccc2OC(=O)C23CC4CC(CC(C4)C2)C3)cc1OC. The molecule has 5 nitrogen and oxygen atoms in total. The van der Waals surface area contributed by atoms with Crippen molar-refractivity contribution in [1.29, 1.82) is 0 Å². The molecule has 4 bridgehead atoms. The van der Waals surface area contributed by atoms with Crippen LogP contribution in [0, 0.1) is 30.1 Å². The van der Waals surface area contributed by atoms with Crippen molar-refractivity contribution >= 4 is 5.97 Å². The highest BCUT2D eigenvalue weighted by Gasteiger charge is 2.55. The van der Waals surface area contributed by atoms with Gasteiger partial charge in [-0.05, 0) is 86.5 Å². The number of esters is 1. The van der Waals surface area contributed by atoms with Crippen LogP contribution in [-0.2, 0) is 17.6 Å². The molecule has 1 aromatic heterocycles. The molecule has 4 fully saturated rings. The molecule has 4 aliphatic carbocycles. The second kappa shape index (κ2) is 8.42. The predicted octanol–water partition coefficient (Wildman–Crippen LogP) is 4.73. The number of carbonyl (C=O) groups is 1. The van der Waals surface area contributed by atoms with E-state index < -0.39 is 0 Å². The molecule has 0 spiro atoms. The van der Waals surface area contributed by atoms with Crippen LogP contribution in [-0.4, -0.2) is 20.2 Å². The molecule has 2 aromatic rings. The molecule has 170 valence electrons. The van der Waals surface area contributed by atoms with Crippen LogP contribution in [0.2, 0.25) is 0 Å². The van der Waals surface area contributed by atoms with Crippen LogP contribution in [0.15, 0.2) is 30.3 Å². The molecular formula is C27H34NO4+. The Bertz CT molecular complexity index is 979. The van der Waals surface area contributed by atoms with Crippen molar-refractivity contribution in [3.05, 3.63) is 47.3 Å². The number of ether oxygens (including phenoxy) is 3. The van der Waals surface area contributed by atoms with Gasteiger partial charge in [-0.3, -0.25) is 4.79 Å². The molecule has 0 aliphatic heterocycles. The number of H-pyrrole nitrogens is 1. The summed E-state index contributed by atoms with van der Waals surface area (Å²) in [6, 6.07) is 9.94. The summed E-state index contributed by atoms with van der Waals surface area (Å²) in [7, 11) is 3.29. The number of aryl methyl sites for hydroxylation is 3. The summed E-state index contributed by atoms with van der Waals surface area (Å²) in [5.41, 5.74) is 2.93. The van der Waals surface area contributed by atoms with Crippen molar-refractivity contribution in [2.24, 2.45) is 23.2 Å². The van der Waals surface area contributed by atoms with Crippen molar-refractivity contribution < 1.29 is 24.0 Å². The number of pyridine rings is 1. The molecule has 0 unspecified atom stereocenters. The standard InChI is InChI=1S/C27H33NO4/c1-17-4-8-23(22(28-17)7-5-18-6-9-24(30-2)25(13-18)31-3)32-26(29)27-14-19-10-20(15-27)12-21(11-19)16-27/h4,6,8-9,13,19-21H,5,7,10-12,14-16H2,1-3H3/p+1. The molecule has 0 amide bonds. The molecule has 0 saturated heterocycles.